The molecule has 0 aliphatic carbocycles. The number of hydrogen-bond acceptors (Lipinski definition) is 5. The van der Waals surface area contributed by atoms with E-state index >= 15 is 0 Å². The van der Waals surface area contributed by atoms with Crippen LogP contribution in [0.2, 0.25) is 5.02 Å². The quantitative estimate of drug-likeness (QED) is 0.273. The summed E-state index contributed by atoms with van der Waals surface area (Å²) in [5.41, 5.74) is 2.81. The molecule has 0 fully saturated rings. The topological polar surface area (TPSA) is 59.5 Å². The van der Waals surface area contributed by atoms with Crippen molar-refractivity contribution in [3.63, 3.8) is 0 Å². The second-order valence-corrected chi connectivity index (χ2v) is 7.55. The summed E-state index contributed by atoms with van der Waals surface area (Å²) in [6, 6.07) is 15.8. The second kappa shape index (κ2) is 8.70. The van der Waals surface area contributed by atoms with Gasteiger partial charge in [0.25, 0.3) is 0 Å². The second-order valence-electron chi connectivity index (χ2n) is 5.95. The van der Waals surface area contributed by atoms with Gasteiger partial charge in [-0.15, -0.1) is 0 Å². The molecule has 0 aliphatic rings. The molecule has 1 heterocycles. The Bertz CT molecular complexity index is 1020. The fourth-order valence-corrected chi connectivity index (χ4v) is 3.30. The van der Waals surface area contributed by atoms with Gasteiger partial charge < -0.3 is 9.64 Å². The van der Waals surface area contributed by atoms with E-state index in [1.807, 2.05) is 64.9 Å². The third-order valence-electron chi connectivity index (χ3n) is 4.22. The molecule has 28 heavy (non-hydrogen) atoms. The van der Waals surface area contributed by atoms with Crippen LogP contribution >= 0.6 is 34.2 Å². The summed E-state index contributed by atoms with van der Waals surface area (Å²) >= 11 is 7.96. The van der Waals surface area contributed by atoms with Gasteiger partial charge in [0.15, 0.2) is 0 Å². The fourth-order valence-electron chi connectivity index (χ4n) is 2.61. The molecule has 0 N–H and O–H groups in total. The number of ketones is 1. The first kappa shape index (κ1) is 20.3. The molecule has 0 aliphatic heterocycles. The molecule has 0 spiro atoms. The van der Waals surface area contributed by atoms with Gasteiger partial charge in [-0.1, -0.05) is 11.6 Å². The van der Waals surface area contributed by atoms with E-state index < -0.39 is 5.97 Å². The summed E-state index contributed by atoms with van der Waals surface area (Å²) in [4.78, 5) is 30.9. The highest BCUT2D eigenvalue weighted by Gasteiger charge is 2.17. The highest BCUT2D eigenvalue weighted by molar-refractivity contribution is 14.1. The minimum Gasteiger partial charge on any atom is -0.465 e. The highest BCUT2D eigenvalue weighted by atomic mass is 127. The van der Waals surface area contributed by atoms with Crippen molar-refractivity contribution in [2.45, 2.75) is 0 Å². The SMILES string of the molecule is COC(=O)c1cc(C(=O)c2ccc(N(C)c3ccc(Cl)cc3)cn2)ccc1I. The Kier molecular flexibility index (Phi) is 6.31. The van der Waals surface area contributed by atoms with Gasteiger partial charge in [0.05, 0.1) is 24.6 Å². The van der Waals surface area contributed by atoms with Crippen molar-refractivity contribution in [2.75, 3.05) is 19.1 Å². The van der Waals surface area contributed by atoms with Crippen LogP contribution in [0.5, 0.6) is 0 Å². The number of aromatic nitrogens is 1. The lowest BCUT2D eigenvalue weighted by Crippen LogP contribution is -2.12. The van der Waals surface area contributed by atoms with E-state index in [0.29, 0.717) is 25.4 Å². The van der Waals surface area contributed by atoms with Crippen LogP contribution in [-0.2, 0) is 4.74 Å². The Labute approximate surface area is 181 Å². The van der Waals surface area contributed by atoms with Crippen molar-refractivity contribution in [3.8, 4) is 0 Å². The first-order valence-electron chi connectivity index (χ1n) is 8.28. The lowest BCUT2D eigenvalue weighted by atomic mass is 10.0. The molecule has 2 aromatic carbocycles. The van der Waals surface area contributed by atoms with Gasteiger partial charge in [0, 0.05) is 26.9 Å². The van der Waals surface area contributed by atoms with Crippen molar-refractivity contribution in [2.24, 2.45) is 0 Å². The molecule has 7 heteroatoms. The number of carbonyl (C=O) groups is 2. The molecule has 0 saturated carbocycles. The number of nitrogens with zero attached hydrogens (tertiary/aromatic N) is 2. The number of anilines is 2. The molecule has 142 valence electrons. The molecule has 0 atom stereocenters. The molecular formula is C21H16ClIN2O3. The van der Waals surface area contributed by atoms with Crippen molar-refractivity contribution in [1.82, 2.24) is 4.98 Å². The molecule has 0 unspecified atom stereocenters. The Hall–Kier alpha value is -2.45. The lowest BCUT2D eigenvalue weighted by molar-refractivity contribution is 0.0599. The number of methoxy groups -OCH3 is 1. The molecule has 0 bridgehead atoms. The third-order valence-corrected chi connectivity index (χ3v) is 5.41. The Balaban J connectivity index is 1.84. The van der Waals surface area contributed by atoms with Gasteiger partial charge in [-0.2, -0.15) is 0 Å². The van der Waals surface area contributed by atoms with Crippen LogP contribution in [0, 0.1) is 3.57 Å². The predicted molar refractivity (Wildman–Crippen MR) is 118 cm³/mol. The molecule has 0 saturated heterocycles. The number of halogens is 2. The zero-order valence-electron chi connectivity index (χ0n) is 15.1. The van der Waals surface area contributed by atoms with Crippen LogP contribution in [0.4, 0.5) is 11.4 Å². The van der Waals surface area contributed by atoms with E-state index in [2.05, 4.69) is 4.98 Å². The normalized spacial score (nSPS) is 10.4. The van der Waals surface area contributed by atoms with E-state index in [1.165, 1.54) is 13.2 Å². The summed E-state index contributed by atoms with van der Waals surface area (Å²) in [5.74, 6) is -0.741. The van der Waals surface area contributed by atoms with Gasteiger partial charge in [-0.25, -0.2) is 4.79 Å². The Morgan fingerprint density at radius 1 is 1.04 bits per heavy atom. The minimum absolute atomic E-state index is 0.262. The lowest BCUT2D eigenvalue weighted by Gasteiger charge is -2.19. The molecule has 1 aromatic heterocycles. The van der Waals surface area contributed by atoms with Gasteiger partial charge in [-0.3, -0.25) is 9.78 Å². The summed E-state index contributed by atoms with van der Waals surface area (Å²) < 4.78 is 5.48. The Morgan fingerprint density at radius 3 is 2.32 bits per heavy atom. The van der Waals surface area contributed by atoms with Gasteiger partial charge in [-0.05, 0) is 77.2 Å². The van der Waals surface area contributed by atoms with Crippen LogP contribution in [0.3, 0.4) is 0 Å². The zero-order valence-corrected chi connectivity index (χ0v) is 18.1. The summed E-state index contributed by atoms with van der Waals surface area (Å²) in [6.07, 6.45) is 1.63. The van der Waals surface area contributed by atoms with Crippen LogP contribution in [0.15, 0.2) is 60.8 Å². The van der Waals surface area contributed by atoms with Crippen LogP contribution < -0.4 is 4.90 Å². The number of hydrogen-bond donors (Lipinski definition) is 0. The maximum atomic E-state index is 12.8. The van der Waals surface area contributed by atoms with Gasteiger partial charge >= 0.3 is 5.97 Å². The minimum atomic E-state index is -0.480. The molecule has 0 radical (unpaired) electrons. The maximum Gasteiger partial charge on any atom is 0.338 e. The molecular weight excluding hydrogens is 491 g/mol. The van der Waals surface area contributed by atoms with Crippen molar-refractivity contribution in [3.05, 3.63) is 86.2 Å². The first-order chi connectivity index (χ1) is 13.4. The smallest absolute Gasteiger partial charge is 0.338 e. The van der Waals surface area contributed by atoms with Crippen molar-refractivity contribution < 1.29 is 14.3 Å². The standard InChI is InChI=1S/C21H16ClIN2O3/c1-25(15-6-4-14(22)5-7-15)16-8-10-19(24-12-16)20(26)13-3-9-18(23)17(11-13)21(27)28-2/h3-12H,1-2H3. The van der Waals surface area contributed by atoms with E-state index in [-0.39, 0.29) is 5.78 Å². The monoisotopic (exact) mass is 506 g/mol. The molecule has 3 aromatic rings. The summed E-state index contributed by atoms with van der Waals surface area (Å²) in [7, 11) is 3.22. The summed E-state index contributed by atoms with van der Waals surface area (Å²) in [6.45, 7) is 0. The van der Waals surface area contributed by atoms with Gasteiger partial charge in [0.1, 0.15) is 5.69 Å². The fraction of sp³-hybridized carbons (Fsp3) is 0.0952. The van der Waals surface area contributed by atoms with Crippen LogP contribution in [0.25, 0.3) is 0 Å². The molecule has 0 amide bonds. The average Bonchev–Trinajstić information content (AvgIpc) is 2.73. The number of rotatable bonds is 5. The van der Waals surface area contributed by atoms with E-state index in [4.69, 9.17) is 16.3 Å². The maximum absolute atomic E-state index is 12.8. The number of esters is 1. The van der Waals surface area contributed by atoms with E-state index in [9.17, 15) is 9.59 Å². The largest absolute Gasteiger partial charge is 0.465 e. The van der Waals surface area contributed by atoms with Gasteiger partial charge in [0.2, 0.25) is 5.78 Å². The number of benzene rings is 2. The van der Waals surface area contributed by atoms with Crippen LogP contribution in [0.1, 0.15) is 26.4 Å². The average molecular weight is 507 g/mol. The zero-order chi connectivity index (χ0) is 20.3. The van der Waals surface area contributed by atoms with Crippen molar-refractivity contribution >= 4 is 57.3 Å². The number of pyridine rings is 1. The summed E-state index contributed by atoms with van der Waals surface area (Å²) in [5, 5.41) is 0.667. The predicted octanol–water partition coefficient (Wildman–Crippen LogP) is 5.13. The Morgan fingerprint density at radius 2 is 1.71 bits per heavy atom. The first-order valence-corrected chi connectivity index (χ1v) is 9.74. The van der Waals surface area contributed by atoms with E-state index in [0.717, 1.165) is 11.4 Å². The molecule has 5 nitrogen and oxygen atoms in total. The third kappa shape index (κ3) is 4.34. The number of ether oxygens (including phenoxy) is 1. The highest BCUT2D eigenvalue weighted by Crippen LogP contribution is 2.25. The van der Waals surface area contributed by atoms with Crippen molar-refractivity contribution in [1.29, 1.82) is 0 Å². The molecule has 3 rings (SSSR count). The van der Waals surface area contributed by atoms with Crippen LogP contribution in [-0.4, -0.2) is 30.9 Å². The van der Waals surface area contributed by atoms with E-state index in [1.54, 1.807) is 24.4 Å². The number of carbonyl (C=O) groups excluding carboxylic acids is 2.